The number of hydrogen-bond donors (Lipinski definition) is 2. The Labute approximate surface area is 117 Å². The molecular weight excluding hydrogens is 248 g/mol. The van der Waals surface area contributed by atoms with Gasteiger partial charge in [0.05, 0.1) is 5.69 Å². The first-order valence-corrected chi connectivity index (χ1v) is 6.55. The van der Waals surface area contributed by atoms with Crippen molar-refractivity contribution in [2.45, 2.75) is 13.8 Å². The van der Waals surface area contributed by atoms with Gasteiger partial charge in [0.25, 0.3) is 5.56 Å². The number of pyridine rings is 1. The lowest BCUT2D eigenvalue weighted by Gasteiger charge is -2.08. The highest BCUT2D eigenvalue weighted by Crippen LogP contribution is 2.26. The van der Waals surface area contributed by atoms with Gasteiger partial charge in [-0.2, -0.15) is 0 Å². The highest BCUT2D eigenvalue weighted by molar-refractivity contribution is 5.88. The van der Waals surface area contributed by atoms with Crippen LogP contribution in [-0.2, 0) is 0 Å². The Hall–Kier alpha value is -2.55. The first-order chi connectivity index (χ1) is 9.56. The third-order valence-electron chi connectivity index (χ3n) is 3.71. The van der Waals surface area contributed by atoms with Crippen LogP contribution in [0.25, 0.3) is 22.0 Å². The van der Waals surface area contributed by atoms with E-state index in [1.54, 1.807) is 0 Å². The number of para-hydroxylation sites is 1. The van der Waals surface area contributed by atoms with Crippen LogP contribution in [0.3, 0.4) is 0 Å². The van der Waals surface area contributed by atoms with E-state index in [1.807, 2.05) is 56.3 Å². The summed E-state index contributed by atoms with van der Waals surface area (Å²) >= 11 is 0. The zero-order valence-electron chi connectivity index (χ0n) is 11.5. The highest BCUT2D eigenvalue weighted by Gasteiger charge is 2.07. The van der Waals surface area contributed by atoms with E-state index in [1.165, 1.54) is 5.56 Å². The molecule has 3 nitrogen and oxygen atoms in total. The van der Waals surface area contributed by atoms with Gasteiger partial charge in [0, 0.05) is 16.6 Å². The van der Waals surface area contributed by atoms with Crippen LogP contribution in [0.1, 0.15) is 11.1 Å². The topological polar surface area (TPSA) is 58.9 Å². The van der Waals surface area contributed by atoms with Crippen molar-refractivity contribution < 1.29 is 0 Å². The number of anilines is 1. The van der Waals surface area contributed by atoms with Gasteiger partial charge in [0.15, 0.2) is 0 Å². The third-order valence-corrected chi connectivity index (χ3v) is 3.71. The fraction of sp³-hybridized carbons (Fsp3) is 0.118. The van der Waals surface area contributed by atoms with E-state index in [2.05, 4.69) is 4.98 Å². The number of aryl methyl sites for hydroxylation is 2. The molecule has 0 spiro atoms. The molecule has 0 atom stereocenters. The van der Waals surface area contributed by atoms with Gasteiger partial charge in [-0.25, -0.2) is 0 Å². The number of nitrogen functional groups attached to an aromatic ring is 1. The van der Waals surface area contributed by atoms with Crippen LogP contribution in [-0.4, -0.2) is 4.98 Å². The van der Waals surface area contributed by atoms with Crippen LogP contribution in [0.15, 0.2) is 47.3 Å². The molecule has 0 radical (unpaired) electrons. The molecule has 0 aliphatic heterocycles. The zero-order valence-corrected chi connectivity index (χ0v) is 11.5. The molecule has 0 saturated heterocycles. The van der Waals surface area contributed by atoms with E-state index in [4.69, 9.17) is 5.73 Å². The summed E-state index contributed by atoms with van der Waals surface area (Å²) in [5, 5.41) is 1.65. The lowest BCUT2D eigenvalue weighted by Crippen LogP contribution is -2.08. The average Bonchev–Trinajstić information content (AvgIpc) is 2.41. The summed E-state index contributed by atoms with van der Waals surface area (Å²) in [5.41, 5.74) is 10.5. The lowest BCUT2D eigenvalue weighted by atomic mass is 10.0. The van der Waals surface area contributed by atoms with Gasteiger partial charge >= 0.3 is 0 Å². The van der Waals surface area contributed by atoms with Crippen LogP contribution in [0, 0.1) is 13.8 Å². The van der Waals surface area contributed by atoms with Crippen LogP contribution in [0.5, 0.6) is 0 Å². The van der Waals surface area contributed by atoms with E-state index in [9.17, 15) is 4.79 Å². The van der Waals surface area contributed by atoms with Gasteiger partial charge in [-0.15, -0.1) is 0 Å². The molecule has 3 aromatic rings. The van der Waals surface area contributed by atoms with Gasteiger partial charge in [0.1, 0.15) is 0 Å². The predicted molar refractivity (Wildman–Crippen MR) is 83.9 cm³/mol. The zero-order chi connectivity index (χ0) is 14.3. The summed E-state index contributed by atoms with van der Waals surface area (Å²) in [5.74, 6) is 0. The van der Waals surface area contributed by atoms with Crippen molar-refractivity contribution in [2.75, 3.05) is 5.73 Å². The molecular formula is C17H16N2O. The molecule has 0 aliphatic rings. The third kappa shape index (κ3) is 1.97. The molecule has 3 heteroatoms. The molecule has 0 saturated carbocycles. The van der Waals surface area contributed by atoms with E-state index in [0.29, 0.717) is 11.1 Å². The molecule has 2 aromatic carbocycles. The number of fused-ring (bicyclic) bond motifs is 1. The second kappa shape index (κ2) is 4.53. The minimum absolute atomic E-state index is 0.0798. The van der Waals surface area contributed by atoms with Crippen molar-refractivity contribution in [1.82, 2.24) is 4.98 Å². The number of rotatable bonds is 1. The fourth-order valence-electron chi connectivity index (χ4n) is 2.42. The number of aromatic amines is 1. The maximum absolute atomic E-state index is 12.3. The molecule has 20 heavy (non-hydrogen) atoms. The second-order valence-corrected chi connectivity index (χ2v) is 5.12. The smallest absolute Gasteiger partial charge is 0.256 e. The van der Waals surface area contributed by atoms with Crippen LogP contribution < -0.4 is 11.3 Å². The van der Waals surface area contributed by atoms with Crippen molar-refractivity contribution >= 4 is 16.5 Å². The molecule has 0 unspecified atom stereocenters. The molecule has 100 valence electrons. The van der Waals surface area contributed by atoms with Gasteiger partial charge in [0.2, 0.25) is 0 Å². The monoisotopic (exact) mass is 264 g/mol. The minimum atomic E-state index is -0.0798. The minimum Gasteiger partial charge on any atom is -0.398 e. The van der Waals surface area contributed by atoms with Crippen molar-refractivity contribution in [2.24, 2.45) is 0 Å². The Balaban J connectivity index is 2.33. The summed E-state index contributed by atoms with van der Waals surface area (Å²) in [6.45, 7) is 4.06. The summed E-state index contributed by atoms with van der Waals surface area (Å²) in [6.07, 6.45) is 0. The van der Waals surface area contributed by atoms with Gasteiger partial charge < -0.3 is 10.7 Å². The first kappa shape index (κ1) is 12.5. The van der Waals surface area contributed by atoms with Crippen molar-refractivity contribution in [3.05, 3.63) is 63.9 Å². The van der Waals surface area contributed by atoms with Crippen molar-refractivity contribution in [3.63, 3.8) is 0 Å². The van der Waals surface area contributed by atoms with Crippen LogP contribution in [0.4, 0.5) is 5.69 Å². The number of aromatic nitrogens is 1. The average molecular weight is 264 g/mol. The molecule has 1 aromatic heterocycles. The van der Waals surface area contributed by atoms with E-state index < -0.39 is 0 Å². The SMILES string of the molecule is Cc1cc2cc(-c3ccccc3N)[nH]c(=O)c2cc1C. The molecule has 0 fully saturated rings. The number of nitrogens with two attached hydrogens (primary N) is 1. The predicted octanol–water partition coefficient (Wildman–Crippen LogP) is 3.39. The van der Waals surface area contributed by atoms with Gasteiger partial charge in [-0.3, -0.25) is 4.79 Å². The Morgan fingerprint density at radius 1 is 1.00 bits per heavy atom. The van der Waals surface area contributed by atoms with Crippen LogP contribution >= 0.6 is 0 Å². The Morgan fingerprint density at radius 2 is 1.70 bits per heavy atom. The summed E-state index contributed by atoms with van der Waals surface area (Å²) in [4.78, 5) is 15.2. The molecule has 0 bridgehead atoms. The van der Waals surface area contributed by atoms with Crippen molar-refractivity contribution in [3.8, 4) is 11.3 Å². The van der Waals surface area contributed by atoms with Crippen molar-refractivity contribution in [1.29, 1.82) is 0 Å². The van der Waals surface area contributed by atoms with E-state index in [0.717, 1.165) is 22.2 Å². The van der Waals surface area contributed by atoms with Gasteiger partial charge in [-0.05, 0) is 48.6 Å². The molecule has 3 N–H and O–H groups in total. The molecule has 3 rings (SSSR count). The standard InChI is InChI=1S/C17H16N2O/c1-10-7-12-9-16(13-5-3-4-6-15(13)18)19-17(20)14(12)8-11(10)2/h3-9H,18H2,1-2H3,(H,19,20). The number of nitrogens with one attached hydrogen (secondary N) is 1. The Kier molecular flexibility index (Phi) is 2.83. The largest absolute Gasteiger partial charge is 0.398 e. The van der Waals surface area contributed by atoms with E-state index >= 15 is 0 Å². The normalized spacial score (nSPS) is 10.9. The van der Waals surface area contributed by atoms with E-state index in [-0.39, 0.29) is 5.56 Å². The maximum Gasteiger partial charge on any atom is 0.256 e. The Morgan fingerprint density at radius 3 is 2.45 bits per heavy atom. The Bertz CT molecular complexity index is 862. The molecule has 1 heterocycles. The molecule has 0 aliphatic carbocycles. The first-order valence-electron chi connectivity index (χ1n) is 6.55. The number of hydrogen-bond acceptors (Lipinski definition) is 2. The highest BCUT2D eigenvalue weighted by atomic mass is 16.1. The quantitative estimate of drug-likeness (QED) is 0.662. The maximum atomic E-state index is 12.3. The number of H-pyrrole nitrogens is 1. The van der Waals surface area contributed by atoms with Gasteiger partial charge in [-0.1, -0.05) is 24.3 Å². The lowest BCUT2D eigenvalue weighted by molar-refractivity contribution is 1.27. The number of benzene rings is 2. The van der Waals surface area contributed by atoms with Crippen LogP contribution in [0.2, 0.25) is 0 Å². The summed E-state index contributed by atoms with van der Waals surface area (Å²) < 4.78 is 0. The molecule has 0 amide bonds. The summed E-state index contributed by atoms with van der Waals surface area (Å²) in [7, 11) is 0. The summed E-state index contributed by atoms with van der Waals surface area (Å²) in [6, 6.07) is 13.5. The second-order valence-electron chi connectivity index (χ2n) is 5.12. The fourth-order valence-corrected chi connectivity index (χ4v) is 2.42.